The van der Waals surface area contributed by atoms with Crippen LogP contribution in [0.25, 0.3) is 0 Å². The van der Waals surface area contributed by atoms with Gasteiger partial charge < -0.3 is 14.6 Å². The van der Waals surface area contributed by atoms with Crippen LogP contribution in [-0.4, -0.2) is 12.2 Å². The van der Waals surface area contributed by atoms with Gasteiger partial charge in [-0.3, -0.25) is 0 Å². The summed E-state index contributed by atoms with van der Waals surface area (Å²) in [6.45, 7) is 2.12. The Morgan fingerprint density at radius 3 is 2.60 bits per heavy atom. The van der Waals surface area contributed by atoms with Gasteiger partial charge in [-0.05, 0) is 42.3 Å². The summed E-state index contributed by atoms with van der Waals surface area (Å²) >= 11 is 5.93. The van der Waals surface area contributed by atoms with Crippen molar-refractivity contribution < 1.29 is 14.6 Å². The number of benzene rings is 2. The molecule has 0 radical (unpaired) electrons. The highest BCUT2D eigenvalue weighted by Gasteiger charge is 2.09. The smallest absolute Gasteiger partial charge is 0.161 e. The van der Waals surface area contributed by atoms with Crippen molar-refractivity contribution in [2.24, 2.45) is 0 Å². The molecule has 20 heavy (non-hydrogen) atoms. The second-order valence-corrected chi connectivity index (χ2v) is 4.94. The van der Waals surface area contributed by atoms with Crippen LogP contribution in [0.5, 0.6) is 11.5 Å². The molecule has 4 heteroatoms. The molecule has 1 atom stereocenters. The van der Waals surface area contributed by atoms with Crippen molar-refractivity contribution in [1.82, 2.24) is 0 Å². The van der Waals surface area contributed by atoms with E-state index >= 15 is 0 Å². The van der Waals surface area contributed by atoms with Crippen LogP contribution in [0.15, 0.2) is 42.5 Å². The second kappa shape index (κ2) is 6.64. The molecule has 0 aliphatic heterocycles. The Hall–Kier alpha value is -1.71. The van der Waals surface area contributed by atoms with E-state index in [2.05, 4.69) is 0 Å². The van der Waals surface area contributed by atoms with E-state index in [9.17, 15) is 5.11 Å². The zero-order valence-electron chi connectivity index (χ0n) is 11.5. The molecule has 2 aromatic carbocycles. The lowest BCUT2D eigenvalue weighted by Gasteiger charge is -2.13. The molecular formula is C16H17ClO3. The standard InChI is InChI=1S/C16H17ClO3/c1-11(18)13-6-7-15(16(9-13)19-2)20-10-12-4-3-5-14(17)8-12/h3-9,11,18H,10H2,1-2H3/t11-/m1/s1. The molecule has 0 saturated carbocycles. The van der Waals surface area contributed by atoms with Crippen molar-refractivity contribution in [1.29, 1.82) is 0 Å². The van der Waals surface area contributed by atoms with Crippen molar-refractivity contribution in [2.45, 2.75) is 19.6 Å². The summed E-state index contributed by atoms with van der Waals surface area (Å²) < 4.78 is 11.0. The van der Waals surface area contributed by atoms with E-state index in [-0.39, 0.29) is 0 Å². The number of rotatable bonds is 5. The average molecular weight is 293 g/mol. The number of hydrogen-bond donors (Lipinski definition) is 1. The maximum Gasteiger partial charge on any atom is 0.161 e. The minimum atomic E-state index is -0.536. The van der Waals surface area contributed by atoms with Gasteiger partial charge in [-0.15, -0.1) is 0 Å². The molecule has 2 rings (SSSR count). The monoisotopic (exact) mass is 292 g/mol. The molecule has 0 aromatic heterocycles. The number of halogens is 1. The fraction of sp³-hybridized carbons (Fsp3) is 0.250. The molecule has 0 aliphatic carbocycles. The van der Waals surface area contributed by atoms with Gasteiger partial charge in [0.15, 0.2) is 11.5 Å². The molecule has 0 fully saturated rings. The van der Waals surface area contributed by atoms with Gasteiger partial charge in [-0.25, -0.2) is 0 Å². The van der Waals surface area contributed by atoms with Crippen LogP contribution in [0.2, 0.25) is 5.02 Å². The van der Waals surface area contributed by atoms with E-state index in [1.54, 1.807) is 26.2 Å². The van der Waals surface area contributed by atoms with E-state index < -0.39 is 6.10 Å². The number of aliphatic hydroxyl groups is 1. The molecule has 0 saturated heterocycles. The van der Waals surface area contributed by atoms with Crippen LogP contribution in [0.3, 0.4) is 0 Å². The average Bonchev–Trinajstić information content (AvgIpc) is 2.45. The summed E-state index contributed by atoms with van der Waals surface area (Å²) in [7, 11) is 1.58. The molecule has 106 valence electrons. The van der Waals surface area contributed by atoms with Gasteiger partial charge in [0.05, 0.1) is 13.2 Å². The lowest BCUT2D eigenvalue weighted by molar-refractivity contribution is 0.198. The molecule has 0 unspecified atom stereocenters. The van der Waals surface area contributed by atoms with Gasteiger partial charge in [-0.2, -0.15) is 0 Å². The van der Waals surface area contributed by atoms with E-state index in [0.717, 1.165) is 11.1 Å². The minimum Gasteiger partial charge on any atom is -0.493 e. The Kier molecular flexibility index (Phi) is 4.88. The maximum atomic E-state index is 9.56. The first-order chi connectivity index (χ1) is 9.60. The molecule has 3 nitrogen and oxygen atoms in total. The van der Waals surface area contributed by atoms with Gasteiger partial charge in [0.25, 0.3) is 0 Å². The maximum absolute atomic E-state index is 9.56. The summed E-state index contributed by atoms with van der Waals surface area (Å²) in [5, 5.41) is 10.2. The third-order valence-electron chi connectivity index (χ3n) is 2.95. The lowest BCUT2D eigenvalue weighted by Crippen LogP contribution is -1.99. The minimum absolute atomic E-state index is 0.408. The van der Waals surface area contributed by atoms with Crippen LogP contribution in [0.1, 0.15) is 24.2 Å². The third-order valence-corrected chi connectivity index (χ3v) is 3.19. The van der Waals surface area contributed by atoms with Gasteiger partial charge in [-0.1, -0.05) is 29.8 Å². The number of ether oxygens (including phenoxy) is 2. The molecular weight excluding hydrogens is 276 g/mol. The Morgan fingerprint density at radius 2 is 1.95 bits per heavy atom. The summed E-state index contributed by atoms with van der Waals surface area (Å²) in [5.41, 5.74) is 1.77. The zero-order chi connectivity index (χ0) is 14.5. The molecule has 0 aliphatic rings. The summed E-state index contributed by atoms with van der Waals surface area (Å²) in [6, 6.07) is 12.9. The fourth-order valence-electron chi connectivity index (χ4n) is 1.85. The summed E-state index contributed by atoms with van der Waals surface area (Å²) in [6.07, 6.45) is -0.536. The van der Waals surface area contributed by atoms with Crippen molar-refractivity contribution in [3.63, 3.8) is 0 Å². The first kappa shape index (κ1) is 14.7. The molecule has 0 heterocycles. The predicted molar refractivity (Wildman–Crippen MR) is 79.4 cm³/mol. The summed E-state index contributed by atoms with van der Waals surface area (Å²) in [4.78, 5) is 0. The van der Waals surface area contributed by atoms with E-state index in [1.165, 1.54) is 0 Å². The van der Waals surface area contributed by atoms with E-state index in [1.807, 2.05) is 30.3 Å². The first-order valence-electron chi connectivity index (χ1n) is 6.33. The van der Waals surface area contributed by atoms with Crippen LogP contribution >= 0.6 is 11.6 Å². The van der Waals surface area contributed by atoms with Gasteiger partial charge in [0.1, 0.15) is 6.61 Å². The van der Waals surface area contributed by atoms with Crippen molar-refractivity contribution in [3.8, 4) is 11.5 Å². The molecule has 0 spiro atoms. The predicted octanol–water partition coefficient (Wildman–Crippen LogP) is 3.98. The largest absolute Gasteiger partial charge is 0.493 e. The van der Waals surface area contributed by atoms with Crippen molar-refractivity contribution >= 4 is 11.6 Å². The van der Waals surface area contributed by atoms with E-state index in [0.29, 0.717) is 23.1 Å². The zero-order valence-corrected chi connectivity index (χ0v) is 12.2. The highest BCUT2D eigenvalue weighted by atomic mass is 35.5. The number of methoxy groups -OCH3 is 1. The Labute approximate surface area is 123 Å². The van der Waals surface area contributed by atoms with Crippen LogP contribution in [0.4, 0.5) is 0 Å². The van der Waals surface area contributed by atoms with Crippen LogP contribution < -0.4 is 9.47 Å². The van der Waals surface area contributed by atoms with Gasteiger partial charge >= 0.3 is 0 Å². The van der Waals surface area contributed by atoms with Gasteiger partial charge in [0.2, 0.25) is 0 Å². The summed E-state index contributed by atoms with van der Waals surface area (Å²) in [5.74, 6) is 1.24. The van der Waals surface area contributed by atoms with Crippen LogP contribution in [-0.2, 0) is 6.61 Å². The number of aliphatic hydroxyl groups excluding tert-OH is 1. The van der Waals surface area contributed by atoms with Crippen LogP contribution in [0, 0.1) is 0 Å². The first-order valence-corrected chi connectivity index (χ1v) is 6.71. The highest BCUT2D eigenvalue weighted by Crippen LogP contribution is 2.31. The van der Waals surface area contributed by atoms with E-state index in [4.69, 9.17) is 21.1 Å². The SMILES string of the molecule is COc1cc([C@@H](C)O)ccc1OCc1cccc(Cl)c1. The van der Waals surface area contributed by atoms with Crippen molar-refractivity contribution in [3.05, 3.63) is 58.6 Å². The Bertz CT molecular complexity index is 582. The van der Waals surface area contributed by atoms with Gasteiger partial charge in [0, 0.05) is 5.02 Å². The molecule has 1 N–H and O–H groups in total. The fourth-order valence-corrected chi connectivity index (χ4v) is 2.06. The number of hydrogen-bond acceptors (Lipinski definition) is 3. The molecule has 0 amide bonds. The molecule has 2 aromatic rings. The Balaban J connectivity index is 2.13. The normalized spacial score (nSPS) is 12.0. The quantitative estimate of drug-likeness (QED) is 0.906. The van der Waals surface area contributed by atoms with Crippen molar-refractivity contribution in [2.75, 3.05) is 7.11 Å². The third kappa shape index (κ3) is 3.65. The molecule has 0 bridgehead atoms. The Morgan fingerprint density at radius 1 is 1.15 bits per heavy atom. The second-order valence-electron chi connectivity index (χ2n) is 4.50. The lowest BCUT2D eigenvalue weighted by atomic mass is 10.1. The highest BCUT2D eigenvalue weighted by molar-refractivity contribution is 6.30. The topological polar surface area (TPSA) is 38.7 Å².